The van der Waals surface area contributed by atoms with E-state index in [2.05, 4.69) is 0 Å². The zero-order valence-electron chi connectivity index (χ0n) is 6.35. The predicted octanol–water partition coefficient (Wildman–Crippen LogP) is 3.12. The van der Waals surface area contributed by atoms with Crippen LogP contribution >= 0.6 is 34.8 Å². The van der Waals surface area contributed by atoms with E-state index < -0.39 is 0 Å². The van der Waals surface area contributed by atoms with Crippen LogP contribution in [0.5, 0.6) is 5.75 Å². The lowest BCUT2D eigenvalue weighted by atomic mass is 10.1. The predicted molar refractivity (Wildman–Crippen MR) is 53.2 cm³/mol. The Morgan fingerprint density at radius 3 is 2.46 bits per heavy atom. The lowest BCUT2D eigenvalue weighted by Gasteiger charge is -2.03. The molecule has 0 spiro atoms. The summed E-state index contributed by atoms with van der Waals surface area (Å²) >= 11 is 16.6. The molecule has 0 saturated carbocycles. The number of ketones is 1. The largest absolute Gasteiger partial charge is 0.506 e. The summed E-state index contributed by atoms with van der Waals surface area (Å²) in [6.45, 7) is 0. The van der Waals surface area contributed by atoms with Crippen LogP contribution in [0.15, 0.2) is 12.1 Å². The smallest absolute Gasteiger partial charge is 0.179 e. The molecule has 5 heteroatoms. The van der Waals surface area contributed by atoms with Gasteiger partial charge in [0.1, 0.15) is 10.8 Å². The van der Waals surface area contributed by atoms with Gasteiger partial charge in [-0.2, -0.15) is 0 Å². The molecular formula is C8H5Cl3O2. The monoisotopic (exact) mass is 238 g/mol. The number of phenolic OH excluding ortho intramolecular Hbond substituents is 1. The van der Waals surface area contributed by atoms with E-state index in [1.54, 1.807) is 0 Å². The number of hydrogen-bond acceptors (Lipinski definition) is 2. The van der Waals surface area contributed by atoms with Gasteiger partial charge in [0.15, 0.2) is 5.78 Å². The minimum atomic E-state index is -0.325. The average molecular weight is 239 g/mol. The number of halogens is 3. The molecule has 0 bridgehead atoms. The van der Waals surface area contributed by atoms with Crippen LogP contribution in [-0.4, -0.2) is 16.8 Å². The lowest BCUT2D eigenvalue weighted by molar-refractivity contribution is 0.102. The summed E-state index contributed by atoms with van der Waals surface area (Å²) < 4.78 is 0. The van der Waals surface area contributed by atoms with Gasteiger partial charge in [-0.3, -0.25) is 4.79 Å². The molecule has 0 aromatic heterocycles. The third-order valence-corrected chi connectivity index (χ3v) is 2.60. The SMILES string of the molecule is O=C(CCl)c1ccc(O)c(Cl)c1Cl. The molecular weight excluding hydrogens is 234 g/mol. The summed E-state index contributed by atoms with van der Waals surface area (Å²) in [7, 11) is 0. The summed E-state index contributed by atoms with van der Waals surface area (Å²) in [4.78, 5) is 11.1. The minimum Gasteiger partial charge on any atom is -0.506 e. The zero-order valence-corrected chi connectivity index (χ0v) is 8.62. The zero-order chi connectivity index (χ0) is 10.0. The molecule has 0 unspecified atom stereocenters. The van der Waals surface area contributed by atoms with Crippen LogP contribution in [0.4, 0.5) is 0 Å². The van der Waals surface area contributed by atoms with Crippen LogP contribution in [0, 0.1) is 0 Å². The van der Waals surface area contributed by atoms with Crippen molar-refractivity contribution in [2.45, 2.75) is 0 Å². The summed E-state index contributed by atoms with van der Waals surface area (Å²) in [6, 6.07) is 2.68. The summed E-state index contributed by atoms with van der Waals surface area (Å²) in [5.74, 6) is -0.646. The van der Waals surface area contributed by atoms with Gasteiger partial charge in [-0.15, -0.1) is 11.6 Å². The van der Waals surface area contributed by atoms with Gasteiger partial charge in [0.25, 0.3) is 0 Å². The Hall–Kier alpha value is -0.440. The van der Waals surface area contributed by atoms with Crippen LogP contribution in [0.1, 0.15) is 10.4 Å². The molecule has 0 heterocycles. The Morgan fingerprint density at radius 1 is 1.31 bits per heavy atom. The Labute approximate surface area is 90.0 Å². The van der Waals surface area contributed by atoms with E-state index in [-0.39, 0.29) is 33.0 Å². The maximum Gasteiger partial charge on any atom is 0.179 e. The third kappa shape index (κ3) is 2.08. The summed E-state index contributed by atoms with van der Waals surface area (Å²) in [6.07, 6.45) is 0. The fourth-order valence-electron chi connectivity index (χ4n) is 0.827. The van der Waals surface area contributed by atoms with Gasteiger partial charge in [0, 0.05) is 5.56 Å². The van der Waals surface area contributed by atoms with Crippen molar-refractivity contribution in [1.82, 2.24) is 0 Å². The molecule has 0 atom stereocenters. The van der Waals surface area contributed by atoms with Gasteiger partial charge in [-0.05, 0) is 12.1 Å². The third-order valence-electron chi connectivity index (χ3n) is 1.48. The lowest BCUT2D eigenvalue weighted by Crippen LogP contribution is -2.01. The van der Waals surface area contributed by atoms with E-state index in [1.807, 2.05) is 0 Å². The standard InChI is InChI=1S/C8H5Cl3O2/c9-3-6(13)4-1-2-5(12)8(11)7(4)10/h1-2,12H,3H2. The van der Waals surface area contributed by atoms with Gasteiger partial charge in [-0.1, -0.05) is 23.2 Å². The van der Waals surface area contributed by atoms with Gasteiger partial charge >= 0.3 is 0 Å². The highest BCUT2D eigenvalue weighted by atomic mass is 35.5. The first-order valence-electron chi connectivity index (χ1n) is 3.34. The van der Waals surface area contributed by atoms with Crippen molar-refractivity contribution in [3.8, 4) is 5.75 Å². The second kappa shape index (κ2) is 4.18. The highest BCUT2D eigenvalue weighted by Crippen LogP contribution is 2.33. The number of hydrogen-bond donors (Lipinski definition) is 1. The molecule has 1 aromatic rings. The molecule has 0 aliphatic rings. The number of Topliss-reactive ketones (excluding diaryl/α,β-unsaturated/α-hetero) is 1. The molecule has 0 radical (unpaired) electrons. The molecule has 0 amide bonds. The fraction of sp³-hybridized carbons (Fsp3) is 0.125. The Morgan fingerprint density at radius 2 is 1.92 bits per heavy atom. The van der Waals surface area contributed by atoms with Crippen molar-refractivity contribution in [3.05, 3.63) is 27.7 Å². The first-order valence-corrected chi connectivity index (χ1v) is 4.63. The quantitative estimate of drug-likeness (QED) is 0.636. The molecule has 0 saturated heterocycles. The van der Waals surface area contributed by atoms with Gasteiger partial charge in [-0.25, -0.2) is 0 Å². The van der Waals surface area contributed by atoms with Gasteiger partial charge in [0.2, 0.25) is 0 Å². The molecule has 1 rings (SSSR count). The van der Waals surface area contributed by atoms with Crippen LogP contribution < -0.4 is 0 Å². The van der Waals surface area contributed by atoms with Gasteiger partial charge < -0.3 is 5.11 Å². The molecule has 0 aliphatic carbocycles. The number of alkyl halides is 1. The minimum absolute atomic E-state index is 0.0300. The Balaban J connectivity index is 3.26. The molecule has 0 fully saturated rings. The van der Waals surface area contributed by atoms with Gasteiger partial charge in [0.05, 0.1) is 10.9 Å². The van der Waals surface area contributed by atoms with Crippen molar-refractivity contribution in [2.75, 3.05) is 5.88 Å². The second-order valence-electron chi connectivity index (χ2n) is 2.32. The topological polar surface area (TPSA) is 37.3 Å². The van der Waals surface area contributed by atoms with E-state index in [0.29, 0.717) is 0 Å². The average Bonchev–Trinajstić information content (AvgIpc) is 2.13. The van der Waals surface area contributed by atoms with Crippen LogP contribution in [0.2, 0.25) is 10.0 Å². The van der Waals surface area contributed by atoms with Crippen molar-refractivity contribution < 1.29 is 9.90 Å². The van der Waals surface area contributed by atoms with Crippen molar-refractivity contribution in [1.29, 1.82) is 0 Å². The first kappa shape index (κ1) is 10.6. The van der Waals surface area contributed by atoms with E-state index >= 15 is 0 Å². The van der Waals surface area contributed by atoms with E-state index in [4.69, 9.17) is 39.9 Å². The first-order chi connectivity index (χ1) is 6.07. The number of carbonyl (C=O) groups is 1. The summed E-state index contributed by atoms with van der Waals surface area (Å²) in [5, 5.41) is 9.12. The van der Waals surface area contributed by atoms with Crippen LogP contribution in [0.3, 0.4) is 0 Å². The molecule has 2 nitrogen and oxygen atoms in total. The molecule has 1 N–H and O–H groups in total. The number of phenols is 1. The van der Waals surface area contributed by atoms with Crippen molar-refractivity contribution in [2.24, 2.45) is 0 Å². The number of benzene rings is 1. The number of aromatic hydroxyl groups is 1. The highest BCUT2D eigenvalue weighted by molar-refractivity contribution is 6.45. The second-order valence-corrected chi connectivity index (χ2v) is 3.34. The number of carbonyl (C=O) groups excluding carboxylic acids is 1. The van der Waals surface area contributed by atoms with E-state index in [9.17, 15) is 4.79 Å². The maximum atomic E-state index is 11.1. The normalized spacial score (nSPS) is 10.1. The fourth-order valence-corrected chi connectivity index (χ4v) is 1.40. The molecule has 1 aromatic carbocycles. The Bertz CT molecular complexity index is 349. The summed E-state index contributed by atoms with van der Waals surface area (Å²) in [5.41, 5.74) is 0.222. The van der Waals surface area contributed by atoms with Crippen LogP contribution in [-0.2, 0) is 0 Å². The molecule has 70 valence electrons. The maximum absolute atomic E-state index is 11.1. The molecule has 13 heavy (non-hydrogen) atoms. The van der Waals surface area contributed by atoms with Crippen molar-refractivity contribution >= 4 is 40.6 Å². The van der Waals surface area contributed by atoms with E-state index in [0.717, 1.165) is 0 Å². The van der Waals surface area contributed by atoms with E-state index in [1.165, 1.54) is 12.1 Å². The highest BCUT2D eigenvalue weighted by Gasteiger charge is 2.14. The number of rotatable bonds is 2. The van der Waals surface area contributed by atoms with Crippen molar-refractivity contribution in [3.63, 3.8) is 0 Å². The molecule has 0 aliphatic heterocycles. The Kier molecular flexibility index (Phi) is 3.42. The van der Waals surface area contributed by atoms with Crippen LogP contribution in [0.25, 0.3) is 0 Å².